The molecular weight excluding hydrogens is 108 g/mol. The van der Waals surface area contributed by atoms with E-state index in [1.807, 2.05) is 0 Å². The summed E-state index contributed by atoms with van der Waals surface area (Å²) >= 11 is 0. The van der Waals surface area contributed by atoms with Crippen LogP contribution in [0.15, 0.2) is 12.2 Å². The highest BCUT2D eigenvalue weighted by Gasteiger charge is 2.22. The van der Waals surface area contributed by atoms with Gasteiger partial charge >= 0.3 is 0 Å². The van der Waals surface area contributed by atoms with E-state index in [9.17, 15) is 0 Å². The maximum atomic E-state index is 2.30. The highest BCUT2D eigenvalue weighted by atomic mass is 14.3. The van der Waals surface area contributed by atoms with E-state index in [-0.39, 0.29) is 0 Å². The van der Waals surface area contributed by atoms with Crippen LogP contribution in [0.4, 0.5) is 0 Å². The summed E-state index contributed by atoms with van der Waals surface area (Å²) in [5.41, 5.74) is 0. The van der Waals surface area contributed by atoms with Gasteiger partial charge in [0.1, 0.15) is 0 Å². The number of hydrogen-bond donors (Lipinski definition) is 0. The minimum absolute atomic E-state index is 0.822. The molecule has 0 aromatic carbocycles. The van der Waals surface area contributed by atoms with Gasteiger partial charge in [-0.05, 0) is 25.2 Å². The Labute approximate surface area is 58.0 Å². The molecule has 1 fully saturated rings. The van der Waals surface area contributed by atoms with Crippen LogP contribution in [0.5, 0.6) is 0 Å². The van der Waals surface area contributed by atoms with Crippen molar-refractivity contribution in [3.05, 3.63) is 12.2 Å². The average Bonchev–Trinajstić information content (AvgIpc) is 2.50. The Kier molecular flexibility index (Phi) is 2.32. The van der Waals surface area contributed by atoms with Gasteiger partial charge in [-0.25, -0.2) is 0 Å². The smallest absolute Gasteiger partial charge is 0.0259 e. The quantitative estimate of drug-likeness (QED) is 0.507. The third-order valence-corrected chi connectivity index (χ3v) is 1.92. The summed E-state index contributed by atoms with van der Waals surface area (Å²) < 4.78 is 0. The van der Waals surface area contributed by atoms with E-state index in [4.69, 9.17) is 0 Å². The molecule has 0 aromatic heterocycles. The Balaban J connectivity index is 2.09. The molecule has 9 heavy (non-hydrogen) atoms. The van der Waals surface area contributed by atoms with Crippen molar-refractivity contribution < 1.29 is 0 Å². The molecule has 0 aromatic rings. The fraction of sp³-hybridized carbons (Fsp3) is 0.778. The van der Waals surface area contributed by atoms with Crippen LogP contribution >= 0.6 is 0 Å². The van der Waals surface area contributed by atoms with Gasteiger partial charge in [0, 0.05) is 0 Å². The van der Waals surface area contributed by atoms with Gasteiger partial charge in [-0.2, -0.15) is 0 Å². The fourth-order valence-electron chi connectivity index (χ4n) is 1.29. The molecule has 1 saturated carbocycles. The lowest BCUT2D eigenvalue weighted by molar-refractivity contribution is 0.590. The van der Waals surface area contributed by atoms with Crippen molar-refractivity contribution in [2.24, 2.45) is 11.8 Å². The van der Waals surface area contributed by atoms with Crippen LogP contribution in [-0.4, -0.2) is 0 Å². The standard InChI is InChI=1S/C9H16/c1-3-4-8(2)7-9-5-6-9/h3-4,8-9H,5-7H2,1-2H3. The molecule has 0 saturated heterocycles. The van der Waals surface area contributed by atoms with Gasteiger partial charge in [0.05, 0.1) is 0 Å². The summed E-state index contributed by atoms with van der Waals surface area (Å²) in [7, 11) is 0. The van der Waals surface area contributed by atoms with Crippen LogP contribution in [0.1, 0.15) is 33.1 Å². The average molecular weight is 124 g/mol. The highest BCUT2D eigenvalue weighted by molar-refractivity contribution is 4.87. The van der Waals surface area contributed by atoms with Crippen LogP contribution in [0.25, 0.3) is 0 Å². The van der Waals surface area contributed by atoms with Crippen molar-refractivity contribution in [1.82, 2.24) is 0 Å². The lowest BCUT2D eigenvalue weighted by Crippen LogP contribution is -1.89. The summed E-state index contributed by atoms with van der Waals surface area (Å²) in [5, 5.41) is 0. The van der Waals surface area contributed by atoms with E-state index in [1.165, 1.54) is 19.3 Å². The van der Waals surface area contributed by atoms with Gasteiger partial charge in [0.2, 0.25) is 0 Å². The Hall–Kier alpha value is -0.260. The Morgan fingerprint density at radius 2 is 2.22 bits per heavy atom. The lowest BCUT2D eigenvalue weighted by Gasteiger charge is -2.01. The molecule has 1 unspecified atom stereocenters. The Morgan fingerprint density at radius 3 is 2.67 bits per heavy atom. The molecule has 52 valence electrons. The third-order valence-electron chi connectivity index (χ3n) is 1.92. The van der Waals surface area contributed by atoms with Gasteiger partial charge in [0.25, 0.3) is 0 Å². The monoisotopic (exact) mass is 124 g/mol. The van der Waals surface area contributed by atoms with Crippen molar-refractivity contribution in [3.63, 3.8) is 0 Å². The molecule has 1 aliphatic rings. The molecule has 0 heteroatoms. The molecule has 1 atom stereocenters. The van der Waals surface area contributed by atoms with Gasteiger partial charge in [-0.15, -0.1) is 0 Å². The van der Waals surface area contributed by atoms with Crippen molar-refractivity contribution in [2.75, 3.05) is 0 Å². The maximum absolute atomic E-state index is 2.30. The summed E-state index contributed by atoms with van der Waals surface area (Å²) in [6, 6.07) is 0. The van der Waals surface area contributed by atoms with Gasteiger partial charge < -0.3 is 0 Å². The summed E-state index contributed by atoms with van der Waals surface area (Å²) in [5.74, 6) is 1.90. The van der Waals surface area contributed by atoms with E-state index in [1.54, 1.807) is 0 Å². The van der Waals surface area contributed by atoms with E-state index < -0.39 is 0 Å². The second-order valence-electron chi connectivity index (χ2n) is 3.18. The van der Waals surface area contributed by atoms with Crippen molar-refractivity contribution in [1.29, 1.82) is 0 Å². The summed E-state index contributed by atoms with van der Waals surface area (Å²) in [4.78, 5) is 0. The molecule has 0 spiro atoms. The Bertz CT molecular complexity index is 98.6. The lowest BCUT2D eigenvalue weighted by atomic mass is 10.0. The molecule has 0 aliphatic heterocycles. The first-order chi connectivity index (χ1) is 4.33. The molecule has 1 rings (SSSR count). The zero-order chi connectivity index (χ0) is 6.69. The summed E-state index contributed by atoms with van der Waals surface area (Å²) in [6.07, 6.45) is 8.86. The minimum Gasteiger partial charge on any atom is -0.0914 e. The van der Waals surface area contributed by atoms with Gasteiger partial charge in [-0.1, -0.05) is 31.9 Å². The maximum Gasteiger partial charge on any atom is -0.0259 e. The van der Waals surface area contributed by atoms with Crippen LogP contribution in [0, 0.1) is 11.8 Å². The van der Waals surface area contributed by atoms with Crippen LogP contribution in [-0.2, 0) is 0 Å². The van der Waals surface area contributed by atoms with Crippen LogP contribution in [0.3, 0.4) is 0 Å². The molecular formula is C9H16. The first-order valence-electron chi connectivity index (χ1n) is 3.95. The third kappa shape index (κ3) is 2.69. The van der Waals surface area contributed by atoms with Crippen LogP contribution in [0.2, 0.25) is 0 Å². The van der Waals surface area contributed by atoms with Crippen LogP contribution < -0.4 is 0 Å². The van der Waals surface area contributed by atoms with E-state index in [0.29, 0.717) is 0 Å². The molecule has 1 aliphatic carbocycles. The van der Waals surface area contributed by atoms with E-state index in [0.717, 1.165) is 11.8 Å². The number of hydrogen-bond acceptors (Lipinski definition) is 0. The largest absolute Gasteiger partial charge is 0.0914 e. The highest BCUT2D eigenvalue weighted by Crippen LogP contribution is 2.35. The van der Waals surface area contributed by atoms with Crippen molar-refractivity contribution >= 4 is 0 Å². The molecule has 0 heterocycles. The fourth-order valence-corrected chi connectivity index (χ4v) is 1.29. The SMILES string of the molecule is CC=CC(C)CC1CC1. The molecule has 0 bridgehead atoms. The zero-order valence-corrected chi connectivity index (χ0v) is 6.43. The van der Waals surface area contributed by atoms with Gasteiger partial charge in [0.15, 0.2) is 0 Å². The molecule has 0 N–H and O–H groups in total. The zero-order valence-electron chi connectivity index (χ0n) is 6.43. The summed E-state index contributed by atoms with van der Waals surface area (Å²) in [6.45, 7) is 4.40. The Morgan fingerprint density at radius 1 is 1.56 bits per heavy atom. The van der Waals surface area contributed by atoms with E-state index >= 15 is 0 Å². The second-order valence-corrected chi connectivity index (χ2v) is 3.18. The predicted octanol–water partition coefficient (Wildman–Crippen LogP) is 3.00. The second kappa shape index (κ2) is 3.05. The molecule has 0 radical (unpaired) electrons. The molecule has 0 amide bonds. The van der Waals surface area contributed by atoms with Gasteiger partial charge in [-0.3, -0.25) is 0 Å². The molecule has 0 nitrogen and oxygen atoms in total. The normalized spacial score (nSPS) is 22.9. The first-order valence-corrected chi connectivity index (χ1v) is 3.95. The van der Waals surface area contributed by atoms with Crippen molar-refractivity contribution in [3.8, 4) is 0 Å². The van der Waals surface area contributed by atoms with E-state index in [2.05, 4.69) is 26.0 Å². The minimum atomic E-state index is 0.822. The first kappa shape index (κ1) is 6.85. The topological polar surface area (TPSA) is 0 Å². The number of allylic oxidation sites excluding steroid dienone is 2. The van der Waals surface area contributed by atoms with Crippen molar-refractivity contribution in [2.45, 2.75) is 33.1 Å². The number of rotatable bonds is 3. The predicted molar refractivity (Wildman–Crippen MR) is 41.3 cm³/mol.